The summed E-state index contributed by atoms with van der Waals surface area (Å²) < 4.78 is 3.70. The highest BCUT2D eigenvalue weighted by Crippen LogP contribution is 2.18. The number of hydrogen-bond acceptors (Lipinski definition) is 5. The summed E-state index contributed by atoms with van der Waals surface area (Å²) in [6.45, 7) is 0.832. The van der Waals surface area contributed by atoms with Crippen LogP contribution in [0.4, 0.5) is 5.13 Å². The van der Waals surface area contributed by atoms with Crippen LogP contribution in [-0.2, 0) is 6.42 Å². The second-order valence-electron chi connectivity index (χ2n) is 3.70. The Morgan fingerprint density at radius 2 is 2.24 bits per heavy atom. The molecule has 2 aromatic heterocycles. The van der Waals surface area contributed by atoms with E-state index in [4.69, 9.17) is 0 Å². The maximum atomic E-state index is 3.84. The summed E-state index contributed by atoms with van der Waals surface area (Å²) >= 11 is 1.27. The monoisotopic (exact) mass is 245 g/mol. The van der Waals surface area contributed by atoms with Gasteiger partial charge in [-0.3, -0.25) is 0 Å². The molecule has 0 saturated carbocycles. The fourth-order valence-electron chi connectivity index (χ4n) is 1.84. The molecule has 0 bridgehead atoms. The first-order chi connectivity index (χ1) is 8.43. The minimum absolute atomic E-state index is 0.768. The van der Waals surface area contributed by atoms with Gasteiger partial charge in [-0.05, 0) is 23.3 Å². The lowest BCUT2D eigenvalue weighted by Crippen LogP contribution is -2.04. The Morgan fingerprint density at radius 1 is 1.29 bits per heavy atom. The molecule has 2 N–H and O–H groups in total. The number of aromatic nitrogens is 4. The minimum Gasteiger partial charge on any atom is -0.361 e. The summed E-state index contributed by atoms with van der Waals surface area (Å²) in [6.07, 6.45) is 3.01. The number of fused-ring (bicyclic) bond motifs is 1. The Morgan fingerprint density at radius 3 is 3.12 bits per heavy atom. The van der Waals surface area contributed by atoms with Crippen LogP contribution in [0.5, 0.6) is 0 Å². The molecular weight excluding hydrogens is 234 g/mol. The highest BCUT2D eigenvalue weighted by atomic mass is 32.1. The van der Waals surface area contributed by atoms with Crippen molar-refractivity contribution in [3.05, 3.63) is 36.0 Å². The van der Waals surface area contributed by atoms with E-state index in [9.17, 15) is 0 Å². The lowest BCUT2D eigenvalue weighted by Gasteiger charge is -2.00. The fraction of sp³-hybridized carbons (Fsp3) is 0.182. The van der Waals surface area contributed by atoms with E-state index in [-0.39, 0.29) is 0 Å². The summed E-state index contributed by atoms with van der Waals surface area (Å²) in [5.41, 5.74) is 2.49. The van der Waals surface area contributed by atoms with E-state index in [0.717, 1.165) is 18.1 Å². The second-order valence-corrected chi connectivity index (χ2v) is 4.44. The van der Waals surface area contributed by atoms with Crippen LogP contribution in [0.25, 0.3) is 10.9 Å². The molecule has 0 amide bonds. The Kier molecular flexibility index (Phi) is 2.71. The van der Waals surface area contributed by atoms with Crippen LogP contribution in [0.15, 0.2) is 30.5 Å². The number of rotatable bonds is 4. The lowest BCUT2D eigenvalue weighted by molar-refractivity contribution is 0.943. The van der Waals surface area contributed by atoms with Gasteiger partial charge in [-0.15, -0.1) is 0 Å². The number of H-pyrrole nitrogens is 1. The standard InChI is InChI=1S/C11H11N5S/c1-2-4-10-9(3-1)8(7-13-10)5-6-12-11-14-15-16-17-11/h1-4,7,13H,5-6H2,(H,12,14,16). The Labute approximate surface area is 102 Å². The fourth-order valence-corrected chi connectivity index (χ4v) is 2.23. The van der Waals surface area contributed by atoms with Gasteiger partial charge in [0, 0.05) is 35.2 Å². The second kappa shape index (κ2) is 4.50. The number of para-hydroxylation sites is 1. The number of aromatic amines is 1. The van der Waals surface area contributed by atoms with E-state index in [1.165, 1.54) is 28.0 Å². The quantitative estimate of drug-likeness (QED) is 0.738. The minimum atomic E-state index is 0.768. The zero-order chi connectivity index (χ0) is 11.5. The molecule has 17 heavy (non-hydrogen) atoms. The van der Waals surface area contributed by atoms with Crippen molar-refractivity contribution >= 4 is 27.6 Å². The molecule has 0 unspecified atom stereocenters. The van der Waals surface area contributed by atoms with Crippen molar-refractivity contribution in [1.82, 2.24) is 19.8 Å². The van der Waals surface area contributed by atoms with Gasteiger partial charge >= 0.3 is 0 Å². The zero-order valence-corrected chi connectivity index (χ0v) is 9.87. The molecule has 2 heterocycles. The van der Waals surface area contributed by atoms with Gasteiger partial charge in [-0.1, -0.05) is 27.8 Å². The highest BCUT2D eigenvalue weighted by molar-refractivity contribution is 7.09. The van der Waals surface area contributed by atoms with Crippen LogP contribution in [0.3, 0.4) is 0 Å². The smallest absolute Gasteiger partial charge is 0.225 e. The molecule has 0 radical (unpaired) electrons. The van der Waals surface area contributed by atoms with E-state index in [1.807, 2.05) is 6.07 Å². The molecule has 0 atom stereocenters. The number of anilines is 1. The van der Waals surface area contributed by atoms with Crippen LogP contribution in [0, 0.1) is 0 Å². The van der Waals surface area contributed by atoms with Gasteiger partial charge in [0.25, 0.3) is 0 Å². The topological polar surface area (TPSA) is 66.5 Å². The maximum Gasteiger partial charge on any atom is 0.225 e. The number of nitrogens with zero attached hydrogens (tertiary/aromatic N) is 3. The van der Waals surface area contributed by atoms with Gasteiger partial charge in [-0.25, -0.2) is 0 Å². The molecule has 3 rings (SSSR count). The molecule has 0 fully saturated rings. The van der Waals surface area contributed by atoms with Crippen molar-refractivity contribution in [1.29, 1.82) is 0 Å². The van der Waals surface area contributed by atoms with Gasteiger partial charge < -0.3 is 10.3 Å². The van der Waals surface area contributed by atoms with E-state index < -0.39 is 0 Å². The molecule has 0 aliphatic rings. The molecule has 0 saturated heterocycles. The number of benzene rings is 1. The summed E-state index contributed by atoms with van der Waals surface area (Å²) in [5, 5.41) is 12.6. The molecular formula is C11H11N5S. The van der Waals surface area contributed by atoms with Gasteiger partial charge in [0.05, 0.1) is 0 Å². The van der Waals surface area contributed by atoms with Crippen LogP contribution in [0.2, 0.25) is 0 Å². The third-order valence-electron chi connectivity index (χ3n) is 2.64. The van der Waals surface area contributed by atoms with Crippen molar-refractivity contribution < 1.29 is 0 Å². The van der Waals surface area contributed by atoms with Crippen molar-refractivity contribution in [3.63, 3.8) is 0 Å². The summed E-state index contributed by atoms with van der Waals surface area (Å²) in [7, 11) is 0. The summed E-state index contributed by atoms with van der Waals surface area (Å²) in [6, 6.07) is 8.31. The number of hydrogen-bond donors (Lipinski definition) is 2. The van der Waals surface area contributed by atoms with Crippen LogP contribution >= 0.6 is 11.5 Å². The van der Waals surface area contributed by atoms with E-state index in [2.05, 4.69) is 49.5 Å². The van der Waals surface area contributed by atoms with Gasteiger partial charge in [0.1, 0.15) is 0 Å². The van der Waals surface area contributed by atoms with E-state index in [0.29, 0.717) is 0 Å². The van der Waals surface area contributed by atoms with Crippen molar-refractivity contribution in [2.75, 3.05) is 11.9 Å². The molecule has 5 nitrogen and oxygen atoms in total. The van der Waals surface area contributed by atoms with Crippen molar-refractivity contribution in [3.8, 4) is 0 Å². The predicted molar refractivity (Wildman–Crippen MR) is 68.2 cm³/mol. The largest absolute Gasteiger partial charge is 0.361 e. The molecule has 0 aliphatic carbocycles. The van der Waals surface area contributed by atoms with Gasteiger partial charge in [0.15, 0.2) is 0 Å². The molecule has 86 valence electrons. The van der Waals surface area contributed by atoms with Gasteiger partial charge in [-0.2, -0.15) is 0 Å². The third kappa shape index (κ3) is 2.12. The summed E-state index contributed by atoms with van der Waals surface area (Å²) in [5.74, 6) is 0. The zero-order valence-electron chi connectivity index (χ0n) is 9.05. The predicted octanol–water partition coefficient (Wildman–Crippen LogP) is 2.07. The normalized spacial score (nSPS) is 10.8. The van der Waals surface area contributed by atoms with Crippen molar-refractivity contribution in [2.24, 2.45) is 0 Å². The first kappa shape index (κ1) is 10.2. The van der Waals surface area contributed by atoms with E-state index in [1.54, 1.807) is 0 Å². The first-order valence-corrected chi connectivity index (χ1v) is 6.15. The highest BCUT2D eigenvalue weighted by Gasteiger charge is 2.03. The number of nitrogens with one attached hydrogen (secondary N) is 2. The summed E-state index contributed by atoms with van der Waals surface area (Å²) in [4.78, 5) is 3.27. The van der Waals surface area contributed by atoms with Crippen LogP contribution in [-0.4, -0.2) is 26.3 Å². The Bertz CT molecular complexity index is 601. The Hall–Kier alpha value is -1.95. The van der Waals surface area contributed by atoms with E-state index >= 15 is 0 Å². The van der Waals surface area contributed by atoms with Crippen LogP contribution in [0.1, 0.15) is 5.56 Å². The average molecular weight is 245 g/mol. The maximum absolute atomic E-state index is 3.84. The average Bonchev–Trinajstić information content (AvgIpc) is 2.99. The van der Waals surface area contributed by atoms with Crippen molar-refractivity contribution in [2.45, 2.75) is 6.42 Å². The van der Waals surface area contributed by atoms with Crippen LogP contribution < -0.4 is 5.32 Å². The first-order valence-electron chi connectivity index (χ1n) is 5.37. The lowest BCUT2D eigenvalue weighted by atomic mass is 10.1. The molecule has 0 aliphatic heterocycles. The molecule has 0 spiro atoms. The Balaban J connectivity index is 1.69. The molecule has 3 aromatic rings. The molecule has 6 heteroatoms. The van der Waals surface area contributed by atoms with Gasteiger partial charge in [0.2, 0.25) is 5.13 Å². The SMILES string of the molecule is c1ccc2c(CCNc3nnns3)c[nH]c2c1. The molecule has 1 aromatic carbocycles. The third-order valence-corrected chi connectivity index (χ3v) is 3.20.